The number of nitrogen functional groups attached to an aromatic ring is 1. The summed E-state index contributed by atoms with van der Waals surface area (Å²) in [6.07, 6.45) is 0. The minimum Gasteiger partial charge on any atom is -0.397 e. The van der Waals surface area contributed by atoms with E-state index in [0.29, 0.717) is 41.2 Å². The summed E-state index contributed by atoms with van der Waals surface area (Å²) in [6, 6.07) is 2.93. The van der Waals surface area contributed by atoms with Crippen LogP contribution in [-0.2, 0) is 9.53 Å². The van der Waals surface area contributed by atoms with Crippen LogP contribution in [0.15, 0.2) is 12.1 Å². The zero-order valence-corrected chi connectivity index (χ0v) is 13.5. The fourth-order valence-electron chi connectivity index (χ4n) is 2.29. The average molecular weight is 332 g/mol. The lowest BCUT2D eigenvalue weighted by Gasteiger charge is -2.37. The van der Waals surface area contributed by atoms with Crippen LogP contribution in [0.2, 0.25) is 10.0 Å². The molecule has 0 bridgehead atoms. The van der Waals surface area contributed by atoms with Crippen LogP contribution in [0, 0.1) is 0 Å². The standard InChI is InChI=1S/C14H19Cl2N3O2/c1-8(2)18-14(20)13-7-21-4-3-19(13)12-6-10(16)9(15)5-11(12)17/h5-6,8,13H,3-4,7,17H2,1-2H3,(H,18,20). The van der Waals surface area contributed by atoms with E-state index in [0.717, 1.165) is 0 Å². The first-order chi connectivity index (χ1) is 9.90. The number of anilines is 2. The molecule has 1 aliphatic heterocycles. The number of morpholine rings is 1. The number of rotatable bonds is 3. The summed E-state index contributed by atoms with van der Waals surface area (Å²) in [6.45, 7) is 5.25. The summed E-state index contributed by atoms with van der Waals surface area (Å²) in [5, 5.41) is 3.71. The first-order valence-corrected chi connectivity index (χ1v) is 7.55. The number of ether oxygens (including phenoxy) is 1. The maximum absolute atomic E-state index is 12.3. The van der Waals surface area contributed by atoms with Crippen molar-refractivity contribution in [3.8, 4) is 0 Å². The molecular weight excluding hydrogens is 313 g/mol. The molecule has 5 nitrogen and oxygen atoms in total. The molecule has 1 heterocycles. The Hall–Kier alpha value is -1.17. The molecule has 2 rings (SSSR count). The van der Waals surface area contributed by atoms with Crippen molar-refractivity contribution < 1.29 is 9.53 Å². The molecule has 1 saturated heterocycles. The quantitative estimate of drug-likeness (QED) is 0.834. The van der Waals surface area contributed by atoms with Crippen molar-refractivity contribution in [2.75, 3.05) is 30.4 Å². The predicted molar refractivity (Wildman–Crippen MR) is 86.1 cm³/mol. The lowest BCUT2D eigenvalue weighted by Crippen LogP contribution is -2.55. The van der Waals surface area contributed by atoms with E-state index in [-0.39, 0.29) is 11.9 Å². The molecule has 116 valence electrons. The van der Waals surface area contributed by atoms with Gasteiger partial charge in [0.1, 0.15) is 6.04 Å². The molecule has 1 atom stereocenters. The van der Waals surface area contributed by atoms with Gasteiger partial charge in [-0.05, 0) is 26.0 Å². The monoisotopic (exact) mass is 331 g/mol. The number of nitrogens with one attached hydrogen (secondary N) is 1. The number of carbonyl (C=O) groups excluding carboxylic acids is 1. The Morgan fingerprint density at radius 3 is 2.76 bits per heavy atom. The van der Waals surface area contributed by atoms with Crippen LogP contribution in [0.1, 0.15) is 13.8 Å². The van der Waals surface area contributed by atoms with Gasteiger partial charge < -0.3 is 20.7 Å². The minimum atomic E-state index is -0.430. The number of halogens is 2. The van der Waals surface area contributed by atoms with Crippen LogP contribution in [0.3, 0.4) is 0 Å². The number of hydrogen-bond donors (Lipinski definition) is 2. The zero-order valence-electron chi connectivity index (χ0n) is 12.0. The average Bonchev–Trinajstić information content (AvgIpc) is 2.42. The molecule has 1 fully saturated rings. The molecule has 1 unspecified atom stereocenters. The molecule has 21 heavy (non-hydrogen) atoms. The number of nitrogens with two attached hydrogens (primary N) is 1. The Bertz CT molecular complexity index is 537. The number of hydrogen-bond acceptors (Lipinski definition) is 4. The van der Waals surface area contributed by atoms with Gasteiger partial charge in [0, 0.05) is 12.6 Å². The molecule has 1 amide bonds. The Morgan fingerprint density at radius 1 is 1.43 bits per heavy atom. The second kappa shape index (κ2) is 6.73. The largest absolute Gasteiger partial charge is 0.397 e. The Balaban J connectivity index is 2.30. The van der Waals surface area contributed by atoms with Crippen molar-refractivity contribution >= 4 is 40.5 Å². The molecule has 1 aromatic rings. The van der Waals surface area contributed by atoms with E-state index < -0.39 is 6.04 Å². The van der Waals surface area contributed by atoms with E-state index in [1.54, 1.807) is 12.1 Å². The molecule has 1 aromatic carbocycles. The van der Waals surface area contributed by atoms with Crippen molar-refractivity contribution in [3.63, 3.8) is 0 Å². The molecular formula is C14H19Cl2N3O2. The highest BCUT2D eigenvalue weighted by Gasteiger charge is 2.31. The van der Waals surface area contributed by atoms with Gasteiger partial charge in [-0.3, -0.25) is 4.79 Å². The van der Waals surface area contributed by atoms with Gasteiger partial charge in [-0.15, -0.1) is 0 Å². The van der Waals surface area contributed by atoms with Crippen LogP contribution in [0.4, 0.5) is 11.4 Å². The number of carbonyl (C=O) groups is 1. The summed E-state index contributed by atoms with van der Waals surface area (Å²) in [7, 11) is 0. The first-order valence-electron chi connectivity index (χ1n) is 6.79. The maximum Gasteiger partial charge on any atom is 0.245 e. The Morgan fingerprint density at radius 2 is 2.10 bits per heavy atom. The second-order valence-electron chi connectivity index (χ2n) is 5.27. The van der Waals surface area contributed by atoms with Crippen LogP contribution in [-0.4, -0.2) is 37.7 Å². The molecule has 3 N–H and O–H groups in total. The smallest absolute Gasteiger partial charge is 0.245 e. The van der Waals surface area contributed by atoms with E-state index in [2.05, 4.69) is 5.32 Å². The number of benzene rings is 1. The van der Waals surface area contributed by atoms with Crippen LogP contribution in [0.5, 0.6) is 0 Å². The van der Waals surface area contributed by atoms with Crippen molar-refractivity contribution in [1.29, 1.82) is 0 Å². The highest BCUT2D eigenvalue weighted by Crippen LogP contribution is 2.34. The van der Waals surface area contributed by atoms with Crippen molar-refractivity contribution in [3.05, 3.63) is 22.2 Å². The molecule has 0 spiro atoms. The van der Waals surface area contributed by atoms with E-state index >= 15 is 0 Å². The van der Waals surface area contributed by atoms with Gasteiger partial charge >= 0.3 is 0 Å². The molecule has 0 aromatic heterocycles. The fraction of sp³-hybridized carbons (Fsp3) is 0.500. The van der Waals surface area contributed by atoms with Crippen molar-refractivity contribution in [2.45, 2.75) is 25.9 Å². The molecule has 1 aliphatic rings. The van der Waals surface area contributed by atoms with E-state index in [1.165, 1.54) is 0 Å². The van der Waals surface area contributed by atoms with Crippen LogP contribution < -0.4 is 16.0 Å². The van der Waals surface area contributed by atoms with Crippen molar-refractivity contribution in [2.24, 2.45) is 0 Å². The van der Waals surface area contributed by atoms with Crippen LogP contribution >= 0.6 is 23.2 Å². The molecule has 0 aliphatic carbocycles. The van der Waals surface area contributed by atoms with E-state index in [4.69, 9.17) is 33.7 Å². The van der Waals surface area contributed by atoms with E-state index in [9.17, 15) is 4.79 Å². The topological polar surface area (TPSA) is 67.6 Å². The third kappa shape index (κ3) is 3.73. The second-order valence-corrected chi connectivity index (χ2v) is 6.09. The first kappa shape index (κ1) is 16.2. The highest BCUT2D eigenvalue weighted by molar-refractivity contribution is 6.42. The molecule has 0 radical (unpaired) electrons. The fourth-order valence-corrected chi connectivity index (χ4v) is 2.62. The Kier molecular flexibility index (Phi) is 5.19. The normalized spacial score (nSPS) is 18.9. The maximum atomic E-state index is 12.3. The minimum absolute atomic E-state index is 0.0624. The molecule has 0 saturated carbocycles. The summed E-state index contributed by atoms with van der Waals surface area (Å²) in [5.74, 6) is -0.0878. The van der Waals surface area contributed by atoms with Gasteiger partial charge in [0.25, 0.3) is 0 Å². The number of nitrogens with zero attached hydrogens (tertiary/aromatic N) is 1. The lowest BCUT2D eigenvalue weighted by atomic mass is 10.1. The molecule has 7 heteroatoms. The highest BCUT2D eigenvalue weighted by atomic mass is 35.5. The van der Waals surface area contributed by atoms with Gasteiger partial charge in [-0.25, -0.2) is 0 Å². The summed E-state index contributed by atoms with van der Waals surface area (Å²) < 4.78 is 5.43. The van der Waals surface area contributed by atoms with Crippen LogP contribution in [0.25, 0.3) is 0 Å². The number of amides is 1. The Labute approximate surface area is 134 Å². The SMILES string of the molecule is CC(C)NC(=O)C1COCCN1c1cc(Cl)c(Cl)cc1N. The van der Waals surface area contributed by atoms with Crippen molar-refractivity contribution in [1.82, 2.24) is 5.32 Å². The summed E-state index contributed by atoms with van der Waals surface area (Å²) in [4.78, 5) is 14.2. The lowest BCUT2D eigenvalue weighted by molar-refractivity contribution is -0.125. The summed E-state index contributed by atoms with van der Waals surface area (Å²) >= 11 is 12.0. The van der Waals surface area contributed by atoms with E-state index in [1.807, 2.05) is 18.7 Å². The van der Waals surface area contributed by atoms with Gasteiger partial charge in [-0.2, -0.15) is 0 Å². The third-order valence-electron chi connectivity index (χ3n) is 3.24. The third-order valence-corrected chi connectivity index (χ3v) is 3.96. The predicted octanol–water partition coefficient (Wildman–Crippen LogP) is 2.31. The zero-order chi connectivity index (χ0) is 15.6. The van der Waals surface area contributed by atoms with Gasteiger partial charge in [0.2, 0.25) is 5.91 Å². The summed E-state index contributed by atoms with van der Waals surface area (Å²) in [5.41, 5.74) is 7.23. The van der Waals surface area contributed by atoms with Gasteiger partial charge in [0.05, 0.1) is 34.6 Å². The van der Waals surface area contributed by atoms with Gasteiger partial charge in [0.15, 0.2) is 0 Å². The van der Waals surface area contributed by atoms with Gasteiger partial charge in [-0.1, -0.05) is 23.2 Å².